The van der Waals surface area contributed by atoms with Gasteiger partial charge in [-0.25, -0.2) is 0 Å². The third-order valence-electron chi connectivity index (χ3n) is 4.68. The number of rotatable bonds is 10. The van der Waals surface area contributed by atoms with Gasteiger partial charge in [0.2, 0.25) is 6.29 Å². The second kappa shape index (κ2) is 10.3. The van der Waals surface area contributed by atoms with E-state index in [4.69, 9.17) is 18.9 Å². The molecule has 0 amide bonds. The van der Waals surface area contributed by atoms with E-state index in [2.05, 4.69) is 14.1 Å². The Balaban J connectivity index is 2.20. The van der Waals surface area contributed by atoms with Gasteiger partial charge in [-0.2, -0.15) is 0 Å². The molecule has 2 aromatic carbocycles. The molecule has 0 saturated heterocycles. The lowest BCUT2D eigenvalue weighted by Gasteiger charge is -2.32. The quantitative estimate of drug-likeness (QED) is 0.195. The Morgan fingerprint density at radius 2 is 1.60 bits per heavy atom. The molecule has 0 aromatic heterocycles. The maximum absolute atomic E-state index is 13.0. The van der Waals surface area contributed by atoms with Crippen LogP contribution in [0.25, 0.3) is 0 Å². The number of likely N-dealkylation sites (N-methyl/N-ethyl adjacent to an activating group) is 1. The summed E-state index contributed by atoms with van der Waals surface area (Å²) in [6.07, 6.45) is -0.282. The molecular weight excluding hydrogens is 386 g/mol. The Morgan fingerprint density at radius 1 is 0.967 bits per heavy atom. The summed E-state index contributed by atoms with van der Waals surface area (Å²) in [7, 11) is 8.93. The van der Waals surface area contributed by atoms with Gasteiger partial charge in [0.05, 0.1) is 26.8 Å². The first-order valence-corrected chi connectivity index (χ1v) is 9.56. The van der Waals surface area contributed by atoms with E-state index in [0.717, 1.165) is 12.1 Å². The number of carbonyl (C=O) groups is 2. The molecule has 0 atom stereocenters. The highest BCUT2D eigenvalue weighted by atomic mass is 16.7. The van der Waals surface area contributed by atoms with Crippen LogP contribution in [0.4, 0.5) is 0 Å². The summed E-state index contributed by atoms with van der Waals surface area (Å²) < 4.78 is 21.6. The summed E-state index contributed by atoms with van der Waals surface area (Å²) in [6.45, 7) is 2.73. The molecule has 30 heavy (non-hydrogen) atoms. The van der Waals surface area contributed by atoms with Crippen LogP contribution in [-0.4, -0.2) is 64.5 Å². The van der Waals surface area contributed by atoms with Crippen molar-refractivity contribution >= 4 is 11.8 Å². The smallest absolute Gasteiger partial charge is 0.308 e. The van der Waals surface area contributed by atoms with Crippen LogP contribution in [-0.2, 0) is 20.8 Å². The van der Waals surface area contributed by atoms with E-state index in [1.54, 1.807) is 38.5 Å². The number of nitrogens with zero attached hydrogens (tertiary/aromatic N) is 1. The van der Waals surface area contributed by atoms with Crippen molar-refractivity contribution in [1.82, 2.24) is 0 Å². The van der Waals surface area contributed by atoms with Crippen LogP contribution >= 0.6 is 0 Å². The first kappa shape index (κ1) is 23.5. The fourth-order valence-corrected chi connectivity index (χ4v) is 3.18. The van der Waals surface area contributed by atoms with Gasteiger partial charge in [-0.15, -0.1) is 0 Å². The highest BCUT2D eigenvalue weighted by Gasteiger charge is 2.23. The fraction of sp³-hybridized carbons (Fsp3) is 0.391. The Labute approximate surface area is 177 Å². The molecule has 0 saturated carbocycles. The summed E-state index contributed by atoms with van der Waals surface area (Å²) in [5.74, 6) is -0.0476. The maximum Gasteiger partial charge on any atom is 0.308 e. The molecular formula is C23H30NO6+. The van der Waals surface area contributed by atoms with Gasteiger partial charge >= 0.3 is 5.97 Å². The van der Waals surface area contributed by atoms with Crippen LogP contribution in [0.3, 0.4) is 0 Å². The largest absolute Gasteiger partial charge is 0.497 e. The minimum Gasteiger partial charge on any atom is -0.497 e. The number of esters is 1. The lowest BCUT2D eigenvalue weighted by Crippen LogP contribution is -2.45. The van der Waals surface area contributed by atoms with Crippen molar-refractivity contribution in [2.75, 3.05) is 42.0 Å². The first-order chi connectivity index (χ1) is 14.2. The second-order valence-corrected chi connectivity index (χ2v) is 7.66. The topological polar surface area (TPSA) is 71.1 Å². The van der Waals surface area contributed by atoms with Gasteiger partial charge in [-0.1, -0.05) is 24.3 Å². The first-order valence-electron chi connectivity index (χ1n) is 9.56. The number of benzene rings is 2. The van der Waals surface area contributed by atoms with E-state index in [1.165, 1.54) is 20.1 Å². The summed E-state index contributed by atoms with van der Waals surface area (Å²) in [6, 6.07) is 12.2. The molecule has 7 heteroatoms. The summed E-state index contributed by atoms with van der Waals surface area (Å²) in [5.41, 5.74) is 1.89. The zero-order valence-electron chi connectivity index (χ0n) is 18.4. The van der Waals surface area contributed by atoms with Crippen LogP contribution in [0, 0.1) is 0 Å². The predicted molar refractivity (Wildman–Crippen MR) is 113 cm³/mol. The predicted octanol–water partition coefficient (Wildman–Crippen LogP) is 3.05. The van der Waals surface area contributed by atoms with Gasteiger partial charge < -0.3 is 23.4 Å². The zero-order valence-corrected chi connectivity index (χ0v) is 18.4. The van der Waals surface area contributed by atoms with Crippen LogP contribution in [0.5, 0.6) is 11.5 Å². The van der Waals surface area contributed by atoms with Gasteiger partial charge in [0.25, 0.3) is 0 Å². The third-order valence-corrected chi connectivity index (χ3v) is 4.68. The molecule has 0 aliphatic rings. The van der Waals surface area contributed by atoms with E-state index >= 15 is 0 Å². The van der Waals surface area contributed by atoms with Crippen molar-refractivity contribution in [3.8, 4) is 11.5 Å². The number of methoxy groups -OCH3 is 3. The minimum absolute atomic E-state index is 0.180. The van der Waals surface area contributed by atoms with Gasteiger partial charge in [0, 0.05) is 38.3 Å². The molecule has 2 rings (SSSR count). The average molecular weight is 416 g/mol. The molecule has 2 aromatic rings. The van der Waals surface area contributed by atoms with Crippen molar-refractivity contribution < 1.29 is 33.0 Å². The van der Waals surface area contributed by atoms with Crippen LogP contribution in [0.15, 0.2) is 42.5 Å². The molecule has 0 bridgehead atoms. The standard InChI is InChI=1S/C23H30NO6/c1-16(25)30-21-13-19(27-4)11-12-20(21)23(26)18-9-7-17(8-10-18)14-24(2,3)15-22(28-5)29-6/h7-13,22H,14-15H2,1-6H3/q+1. The monoisotopic (exact) mass is 416 g/mol. The second-order valence-electron chi connectivity index (χ2n) is 7.66. The van der Waals surface area contributed by atoms with Crippen molar-refractivity contribution in [2.45, 2.75) is 19.8 Å². The average Bonchev–Trinajstić information content (AvgIpc) is 2.71. The van der Waals surface area contributed by atoms with E-state index in [1.807, 2.05) is 12.1 Å². The number of ether oxygens (including phenoxy) is 4. The van der Waals surface area contributed by atoms with E-state index in [9.17, 15) is 9.59 Å². The molecule has 0 aliphatic heterocycles. The molecule has 0 heterocycles. The summed E-state index contributed by atoms with van der Waals surface area (Å²) in [5, 5.41) is 0. The van der Waals surface area contributed by atoms with Crippen LogP contribution < -0.4 is 9.47 Å². The molecule has 0 aliphatic carbocycles. The van der Waals surface area contributed by atoms with E-state index in [0.29, 0.717) is 27.9 Å². The van der Waals surface area contributed by atoms with Gasteiger partial charge in [-0.05, 0) is 12.1 Å². The Hall–Kier alpha value is -2.74. The van der Waals surface area contributed by atoms with Gasteiger partial charge in [-0.3, -0.25) is 9.59 Å². The number of carbonyl (C=O) groups excluding carboxylic acids is 2. The Kier molecular flexibility index (Phi) is 8.11. The molecule has 0 unspecified atom stereocenters. The maximum atomic E-state index is 13.0. The Bertz CT molecular complexity index is 872. The minimum atomic E-state index is -0.502. The number of quaternary nitrogens is 1. The molecule has 7 nitrogen and oxygen atoms in total. The fourth-order valence-electron chi connectivity index (χ4n) is 3.18. The highest BCUT2D eigenvalue weighted by Crippen LogP contribution is 2.27. The van der Waals surface area contributed by atoms with Crippen molar-refractivity contribution in [3.05, 3.63) is 59.2 Å². The van der Waals surface area contributed by atoms with E-state index in [-0.39, 0.29) is 17.8 Å². The van der Waals surface area contributed by atoms with Gasteiger partial charge in [0.1, 0.15) is 24.6 Å². The van der Waals surface area contributed by atoms with Crippen LogP contribution in [0.1, 0.15) is 28.4 Å². The number of hydrogen-bond acceptors (Lipinski definition) is 6. The lowest BCUT2D eigenvalue weighted by atomic mass is 10.0. The van der Waals surface area contributed by atoms with Crippen molar-refractivity contribution in [2.24, 2.45) is 0 Å². The number of hydrogen-bond donors (Lipinski definition) is 0. The molecule has 0 spiro atoms. The number of ketones is 1. The van der Waals surface area contributed by atoms with Crippen molar-refractivity contribution in [1.29, 1.82) is 0 Å². The van der Waals surface area contributed by atoms with E-state index < -0.39 is 5.97 Å². The van der Waals surface area contributed by atoms with Gasteiger partial charge in [0.15, 0.2) is 5.78 Å². The molecule has 0 radical (unpaired) electrons. The molecule has 0 fully saturated rings. The zero-order chi connectivity index (χ0) is 22.3. The Morgan fingerprint density at radius 3 is 2.13 bits per heavy atom. The lowest BCUT2D eigenvalue weighted by molar-refractivity contribution is -0.909. The van der Waals surface area contributed by atoms with Crippen LogP contribution in [0.2, 0.25) is 0 Å². The molecule has 162 valence electrons. The molecule has 0 N–H and O–H groups in total. The SMILES string of the molecule is COc1ccc(C(=O)c2ccc(C[N+](C)(C)CC(OC)OC)cc2)c(OC(C)=O)c1. The third kappa shape index (κ3) is 6.38. The summed E-state index contributed by atoms with van der Waals surface area (Å²) in [4.78, 5) is 24.4. The van der Waals surface area contributed by atoms with Crippen molar-refractivity contribution in [3.63, 3.8) is 0 Å². The normalized spacial score (nSPS) is 11.4. The highest BCUT2D eigenvalue weighted by molar-refractivity contribution is 6.11. The summed E-state index contributed by atoms with van der Waals surface area (Å²) >= 11 is 0.